The maximum absolute atomic E-state index is 9.49. The van der Waals surface area contributed by atoms with Gasteiger partial charge in [-0.25, -0.2) is 4.68 Å². The molecule has 0 aliphatic rings. The maximum atomic E-state index is 9.49. The molecular weight excluding hydrogens is 328 g/mol. The van der Waals surface area contributed by atoms with Gasteiger partial charge in [0.1, 0.15) is 5.15 Å². The Morgan fingerprint density at radius 2 is 2.05 bits per heavy atom. The van der Waals surface area contributed by atoms with E-state index in [4.69, 9.17) is 11.6 Å². The summed E-state index contributed by atoms with van der Waals surface area (Å²) < 4.78 is 2.59. The number of halogens is 2. The Balaban J connectivity index is 2.53. The summed E-state index contributed by atoms with van der Waals surface area (Å²) in [6.07, 6.45) is 0.799. The van der Waals surface area contributed by atoms with Crippen LogP contribution in [0.4, 0.5) is 0 Å². The van der Waals surface area contributed by atoms with E-state index in [1.807, 2.05) is 24.3 Å². The van der Waals surface area contributed by atoms with E-state index < -0.39 is 0 Å². The average Bonchev–Trinajstić information content (AvgIpc) is 2.65. The molecule has 1 heterocycles. The summed E-state index contributed by atoms with van der Waals surface area (Å²) in [4.78, 5) is 0. The van der Waals surface area contributed by atoms with Gasteiger partial charge in [0.05, 0.1) is 18.0 Å². The number of aromatic nitrogens is 2. The first-order chi connectivity index (χ1) is 9.04. The van der Waals surface area contributed by atoms with Crippen molar-refractivity contribution in [1.82, 2.24) is 9.78 Å². The molecule has 0 amide bonds. The lowest BCUT2D eigenvalue weighted by molar-refractivity contribution is 0.280. The first-order valence-electron chi connectivity index (χ1n) is 6.16. The van der Waals surface area contributed by atoms with E-state index >= 15 is 0 Å². The van der Waals surface area contributed by atoms with Gasteiger partial charge >= 0.3 is 0 Å². The highest BCUT2D eigenvalue weighted by Crippen LogP contribution is 2.28. The Kier molecular flexibility index (Phi) is 4.66. The van der Waals surface area contributed by atoms with Crippen LogP contribution in [0.5, 0.6) is 0 Å². The monoisotopic (exact) mass is 342 g/mol. The molecule has 0 fully saturated rings. The largest absolute Gasteiger partial charge is 0.391 e. The Morgan fingerprint density at radius 1 is 1.37 bits per heavy atom. The third-order valence-corrected chi connectivity index (χ3v) is 3.90. The van der Waals surface area contributed by atoms with Crippen molar-refractivity contribution >= 4 is 27.5 Å². The number of nitrogens with zero attached hydrogens (tertiary/aromatic N) is 2. The smallest absolute Gasteiger partial charge is 0.138 e. The second-order valence-corrected chi connectivity index (χ2v) is 6.05. The number of aliphatic hydroxyl groups excluding tert-OH is 1. The molecule has 0 atom stereocenters. The quantitative estimate of drug-likeness (QED) is 0.912. The van der Waals surface area contributed by atoms with Crippen molar-refractivity contribution < 1.29 is 5.11 Å². The first-order valence-corrected chi connectivity index (χ1v) is 7.33. The molecule has 2 aromatic rings. The first kappa shape index (κ1) is 14.6. The predicted octanol–water partition coefficient (Wildman–Crippen LogP) is 3.98. The lowest BCUT2D eigenvalue weighted by Gasteiger charge is -2.05. The van der Waals surface area contributed by atoms with Crippen molar-refractivity contribution in [3.05, 3.63) is 45.1 Å². The summed E-state index contributed by atoms with van der Waals surface area (Å²) in [6.45, 7) is 4.14. The average molecular weight is 344 g/mol. The number of benzene rings is 1. The molecule has 0 aliphatic carbocycles. The van der Waals surface area contributed by atoms with Gasteiger partial charge in [0.25, 0.3) is 0 Å². The molecule has 0 aliphatic heterocycles. The van der Waals surface area contributed by atoms with Gasteiger partial charge in [-0.2, -0.15) is 5.10 Å². The summed E-state index contributed by atoms with van der Waals surface area (Å²) in [5.74, 6) is 0.462. The van der Waals surface area contributed by atoms with Crippen LogP contribution in [0, 0.1) is 5.92 Å². The predicted molar refractivity (Wildman–Crippen MR) is 80.7 cm³/mol. The van der Waals surface area contributed by atoms with Crippen LogP contribution >= 0.6 is 27.5 Å². The van der Waals surface area contributed by atoms with E-state index in [2.05, 4.69) is 34.9 Å². The van der Waals surface area contributed by atoms with Crippen molar-refractivity contribution in [2.45, 2.75) is 26.9 Å². The van der Waals surface area contributed by atoms with Gasteiger partial charge in [0, 0.05) is 10.0 Å². The van der Waals surface area contributed by atoms with E-state index in [0.717, 1.165) is 22.3 Å². The normalized spacial score (nSPS) is 11.3. The van der Waals surface area contributed by atoms with Crippen LogP contribution in [0.2, 0.25) is 5.15 Å². The van der Waals surface area contributed by atoms with Gasteiger partial charge < -0.3 is 5.11 Å². The van der Waals surface area contributed by atoms with Gasteiger partial charge in [-0.05, 0) is 40.4 Å². The Bertz CT molecular complexity index is 581. The molecule has 0 saturated heterocycles. The van der Waals surface area contributed by atoms with Crippen molar-refractivity contribution in [1.29, 1.82) is 0 Å². The second-order valence-electron chi connectivity index (χ2n) is 4.84. The fourth-order valence-electron chi connectivity index (χ4n) is 1.96. The van der Waals surface area contributed by atoms with Gasteiger partial charge in [0.2, 0.25) is 0 Å². The molecule has 0 unspecified atom stereocenters. The fraction of sp³-hybridized carbons (Fsp3) is 0.357. The van der Waals surface area contributed by atoms with Crippen LogP contribution in [0.15, 0.2) is 28.7 Å². The lowest BCUT2D eigenvalue weighted by atomic mass is 10.1. The summed E-state index contributed by atoms with van der Waals surface area (Å²) in [7, 11) is 0. The Hall–Kier alpha value is -0.840. The standard InChI is InChI=1S/C14H16BrClN2O/c1-9(2)7-12-10(8-19)14(16)18(17-12)13-6-4-3-5-11(13)15/h3-6,9,19H,7-8H2,1-2H3. The molecule has 19 heavy (non-hydrogen) atoms. The third kappa shape index (κ3) is 3.02. The topological polar surface area (TPSA) is 38.0 Å². The van der Waals surface area contributed by atoms with Crippen molar-refractivity contribution in [2.75, 3.05) is 0 Å². The van der Waals surface area contributed by atoms with Crippen LogP contribution in [0.3, 0.4) is 0 Å². The summed E-state index contributed by atoms with van der Waals surface area (Å²) >= 11 is 9.83. The van der Waals surface area contributed by atoms with Gasteiger partial charge in [-0.3, -0.25) is 0 Å². The van der Waals surface area contributed by atoms with Gasteiger partial charge in [-0.1, -0.05) is 37.6 Å². The molecule has 1 aromatic heterocycles. The van der Waals surface area contributed by atoms with Crippen molar-refractivity contribution in [3.63, 3.8) is 0 Å². The van der Waals surface area contributed by atoms with E-state index in [1.165, 1.54) is 0 Å². The van der Waals surface area contributed by atoms with Crippen molar-refractivity contribution in [2.24, 2.45) is 5.92 Å². The van der Waals surface area contributed by atoms with Crippen LogP contribution in [0.1, 0.15) is 25.1 Å². The zero-order chi connectivity index (χ0) is 14.0. The summed E-state index contributed by atoms with van der Waals surface area (Å²) in [5, 5.41) is 14.5. The molecule has 0 radical (unpaired) electrons. The highest BCUT2D eigenvalue weighted by Gasteiger charge is 2.18. The highest BCUT2D eigenvalue weighted by atomic mass is 79.9. The van der Waals surface area contributed by atoms with E-state index in [0.29, 0.717) is 16.6 Å². The summed E-state index contributed by atoms with van der Waals surface area (Å²) in [6, 6.07) is 7.74. The molecular formula is C14H16BrClN2O. The molecule has 5 heteroatoms. The van der Waals surface area contributed by atoms with Crippen LogP contribution in [-0.4, -0.2) is 14.9 Å². The van der Waals surface area contributed by atoms with E-state index in [-0.39, 0.29) is 6.61 Å². The SMILES string of the molecule is CC(C)Cc1nn(-c2ccccc2Br)c(Cl)c1CO. The van der Waals surface area contributed by atoms with Crippen LogP contribution in [0.25, 0.3) is 5.69 Å². The minimum absolute atomic E-state index is 0.0919. The minimum atomic E-state index is -0.0919. The molecule has 1 N–H and O–H groups in total. The van der Waals surface area contributed by atoms with Crippen molar-refractivity contribution in [3.8, 4) is 5.69 Å². The molecule has 3 nitrogen and oxygen atoms in total. The summed E-state index contributed by atoms with van der Waals surface area (Å²) in [5.41, 5.74) is 2.45. The highest BCUT2D eigenvalue weighted by molar-refractivity contribution is 9.10. The van der Waals surface area contributed by atoms with E-state index in [9.17, 15) is 5.11 Å². The molecule has 0 saturated carbocycles. The molecule has 2 rings (SSSR count). The number of hydrogen-bond acceptors (Lipinski definition) is 2. The molecule has 102 valence electrons. The number of hydrogen-bond donors (Lipinski definition) is 1. The second kappa shape index (κ2) is 6.07. The zero-order valence-electron chi connectivity index (χ0n) is 10.9. The number of para-hydroxylation sites is 1. The Labute approximate surface area is 126 Å². The van der Waals surface area contributed by atoms with E-state index in [1.54, 1.807) is 4.68 Å². The van der Waals surface area contributed by atoms with Crippen LogP contribution in [-0.2, 0) is 13.0 Å². The zero-order valence-corrected chi connectivity index (χ0v) is 13.2. The maximum Gasteiger partial charge on any atom is 0.138 e. The molecule has 0 spiro atoms. The molecule has 0 bridgehead atoms. The number of aliphatic hydroxyl groups is 1. The number of rotatable bonds is 4. The molecule has 1 aromatic carbocycles. The van der Waals surface area contributed by atoms with Crippen LogP contribution < -0.4 is 0 Å². The fourth-order valence-corrected chi connectivity index (χ4v) is 2.71. The minimum Gasteiger partial charge on any atom is -0.391 e. The van der Waals surface area contributed by atoms with Gasteiger partial charge in [-0.15, -0.1) is 0 Å². The third-order valence-electron chi connectivity index (χ3n) is 2.84. The van der Waals surface area contributed by atoms with Gasteiger partial charge in [0.15, 0.2) is 0 Å². The lowest BCUT2D eigenvalue weighted by Crippen LogP contribution is -2.00. The Morgan fingerprint density at radius 3 is 2.63 bits per heavy atom.